The fourth-order valence-electron chi connectivity index (χ4n) is 2.54. The minimum absolute atomic E-state index is 0.127. The van der Waals surface area contributed by atoms with Gasteiger partial charge in [-0.2, -0.15) is 13.2 Å². The Balaban J connectivity index is 1.91. The van der Waals surface area contributed by atoms with Crippen molar-refractivity contribution in [3.8, 4) is 5.75 Å². The molecule has 1 aliphatic rings. The van der Waals surface area contributed by atoms with Crippen molar-refractivity contribution in [1.82, 2.24) is 5.32 Å². The maximum atomic E-state index is 12.6. The molecule has 0 spiro atoms. The zero-order valence-corrected chi connectivity index (χ0v) is 13.2. The SMILES string of the molecule is O=C(COc1cccc(C(F)(F)F)c1)NC(C(=O)O)C1CCCOC1. The number of alkyl halides is 3. The van der Waals surface area contributed by atoms with Crippen molar-refractivity contribution in [2.24, 2.45) is 5.92 Å². The lowest BCUT2D eigenvalue weighted by atomic mass is 9.93. The summed E-state index contributed by atoms with van der Waals surface area (Å²) in [5.41, 5.74) is -0.895. The standard InChI is InChI=1S/C16H18F3NO5/c17-16(18,19)11-4-1-5-12(7-11)25-9-13(21)20-14(15(22)23)10-3-2-6-24-8-10/h1,4-5,7,10,14H,2-3,6,8-9H2,(H,20,21)(H,22,23). The lowest BCUT2D eigenvalue weighted by molar-refractivity contribution is -0.145. The number of carbonyl (C=O) groups is 2. The summed E-state index contributed by atoms with van der Waals surface area (Å²) in [6.07, 6.45) is -3.21. The first-order chi connectivity index (χ1) is 11.8. The molecule has 2 rings (SSSR count). The van der Waals surface area contributed by atoms with Crippen molar-refractivity contribution in [3.05, 3.63) is 29.8 Å². The third kappa shape index (κ3) is 5.63. The molecule has 9 heteroatoms. The van der Waals surface area contributed by atoms with E-state index in [2.05, 4.69) is 5.32 Å². The van der Waals surface area contributed by atoms with Gasteiger partial charge in [-0.3, -0.25) is 4.79 Å². The highest BCUT2D eigenvalue weighted by molar-refractivity contribution is 5.84. The first kappa shape index (κ1) is 19.0. The van der Waals surface area contributed by atoms with Crippen molar-refractivity contribution in [3.63, 3.8) is 0 Å². The van der Waals surface area contributed by atoms with Gasteiger partial charge in [0.15, 0.2) is 6.61 Å². The van der Waals surface area contributed by atoms with Gasteiger partial charge in [-0.25, -0.2) is 4.79 Å². The van der Waals surface area contributed by atoms with Gasteiger partial charge in [0.05, 0.1) is 12.2 Å². The van der Waals surface area contributed by atoms with E-state index in [1.54, 1.807) is 0 Å². The molecular formula is C16H18F3NO5. The van der Waals surface area contributed by atoms with Crippen LogP contribution in [0.4, 0.5) is 13.2 Å². The maximum Gasteiger partial charge on any atom is 0.416 e. The van der Waals surface area contributed by atoms with Crippen LogP contribution < -0.4 is 10.1 Å². The van der Waals surface area contributed by atoms with Crippen LogP contribution >= 0.6 is 0 Å². The molecule has 0 saturated carbocycles. The Labute approximate surface area is 141 Å². The minimum atomic E-state index is -4.52. The Bertz CT molecular complexity index is 614. The first-order valence-corrected chi connectivity index (χ1v) is 7.67. The van der Waals surface area contributed by atoms with E-state index < -0.39 is 36.3 Å². The van der Waals surface area contributed by atoms with Gasteiger partial charge in [0, 0.05) is 12.5 Å². The molecule has 2 unspecified atom stereocenters. The van der Waals surface area contributed by atoms with E-state index in [1.807, 2.05) is 0 Å². The zero-order valence-electron chi connectivity index (χ0n) is 13.2. The smallest absolute Gasteiger partial charge is 0.416 e. The number of amides is 1. The molecule has 2 atom stereocenters. The molecule has 1 saturated heterocycles. The molecule has 1 amide bonds. The Hall–Kier alpha value is -2.29. The largest absolute Gasteiger partial charge is 0.484 e. The molecule has 1 aromatic carbocycles. The molecular weight excluding hydrogens is 343 g/mol. The summed E-state index contributed by atoms with van der Waals surface area (Å²) in [6, 6.07) is 2.98. The predicted octanol–water partition coefficient (Wildman–Crippen LogP) is 2.08. The number of carbonyl (C=O) groups excluding carboxylic acids is 1. The van der Waals surface area contributed by atoms with Crippen LogP contribution in [-0.2, 0) is 20.5 Å². The third-order valence-electron chi connectivity index (χ3n) is 3.78. The van der Waals surface area contributed by atoms with E-state index in [4.69, 9.17) is 9.47 Å². The van der Waals surface area contributed by atoms with Gasteiger partial charge < -0.3 is 19.9 Å². The number of ether oxygens (including phenoxy) is 2. The number of hydrogen-bond acceptors (Lipinski definition) is 4. The van der Waals surface area contributed by atoms with Crippen LogP contribution in [0.2, 0.25) is 0 Å². The molecule has 0 radical (unpaired) electrons. The normalized spacial score (nSPS) is 19.1. The summed E-state index contributed by atoms with van der Waals surface area (Å²) in [5, 5.41) is 11.6. The number of halogens is 3. The van der Waals surface area contributed by atoms with E-state index in [1.165, 1.54) is 6.07 Å². The molecule has 1 aromatic rings. The van der Waals surface area contributed by atoms with E-state index in [9.17, 15) is 27.9 Å². The maximum absolute atomic E-state index is 12.6. The number of hydrogen-bond donors (Lipinski definition) is 2. The van der Waals surface area contributed by atoms with Crippen LogP contribution in [0.3, 0.4) is 0 Å². The van der Waals surface area contributed by atoms with Crippen molar-refractivity contribution >= 4 is 11.9 Å². The highest BCUT2D eigenvalue weighted by atomic mass is 19.4. The molecule has 2 N–H and O–H groups in total. The quantitative estimate of drug-likeness (QED) is 0.810. The Morgan fingerprint density at radius 2 is 2.16 bits per heavy atom. The van der Waals surface area contributed by atoms with Crippen LogP contribution in [0.15, 0.2) is 24.3 Å². The third-order valence-corrected chi connectivity index (χ3v) is 3.78. The molecule has 1 aliphatic heterocycles. The molecule has 25 heavy (non-hydrogen) atoms. The fourth-order valence-corrected chi connectivity index (χ4v) is 2.54. The van der Waals surface area contributed by atoms with Crippen LogP contribution in [0.1, 0.15) is 18.4 Å². The van der Waals surface area contributed by atoms with E-state index >= 15 is 0 Å². The lowest BCUT2D eigenvalue weighted by Gasteiger charge is -2.28. The number of aliphatic carboxylic acids is 1. The molecule has 0 aliphatic carbocycles. The molecule has 6 nitrogen and oxygen atoms in total. The lowest BCUT2D eigenvalue weighted by Crippen LogP contribution is -2.49. The topological polar surface area (TPSA) is 84.9 Å². The molecule has 138 valence electrons. The van der Waals surface area contributed by atoms with E-state index in [0.29, 0.717) is 19.4 Å². The van der Waals surface area contributed by atoms with Crippen molar-refractivity contribution in [1.29, 1.82) is 0 Å². The molecule has 0 bridgehead atoms. The van der Waals surface area contributed by atoms with Crippen LogP contribution in [-0.4, -0.2) is 42.8 Å². The Kier molecular flexibility index (Phi) is 6.24. The molecule has 0 aromatic heterocycles. The van der Waals surface area contributed by atoms with Gasteiger partial charge in [-0.1, -0.05) is 6.07 Å². The number of rotatable bonds is 6. The van der Waals surface area contributed by atoms with Crippen molar-refractivity contribution in [2.75, 3.05) is 19.8 Å². The number of benzene rings is 1. The predicted molar refractivity (Wildman–Crippen MR) is 80.0 cm³/mol. The van der Waals surface area contributed by atoms with Gasteiger partial charge in [0.1, 0.15) is 11.8 Å². The fraction of sp³-hybridized carbons (Fsp3) is 0.500. The molecule has 1 fully saturated rings. The van der Waals surface area contributed by atoms with E-state index in [-0.39, 0.29) is 18.3 Å². The van der Waals surface area contributed by atoms with E-state index in [0.717, 1.165) is 18.2 Å². The first-order valence-electron chi connectivity index (χ1n) is 7.67. The van der Waals surface area contributed by atoms with Gasteiger partial charge in [0.2, 0.25) is 0 Å². The molecule has 1 heterocycles. The summed E-state index contributed by atoms with van der Waals surface area (Å²) < 4.78 is 48.1. The second kappa shape index (κ2) is 8.19. The number of nitrogens with one attached hydrogen (secondary N) is 1. The number of carboxylic acids is 1. The average molecular weight is 361 g/mol. The van der Waals surface area contributed by atoms with Crippen LogP contribution in [0, 0.1) is 5.92 Å². The second-order valence-corrected chi connectivity index (χ2v) is 5.67. The highest BCUT2D eigenvalue weighted by Crippen LogP contribution is 2.31. The summed E-state index contributed by atoms with van der Waals surface area (Å²) in [4.78, 5) is 23.2. The van der Waals surface area contributed by atoms with Crippen LogP contribution in [0.25, 0.3) is 0 Å². The highest BCUT2D eigenvalue weighted by Gasteiger charge is 2.32. The summed E-state index contributed by atoms with van der Waals surface area (Å²) in [7, 11) is 0. The van der Waals surface area contributed by atoms with Crippen LogP contribution in [0.5, 0.6) is 5.75 Å². The van der Waals surface area contributed by atoms with Gasteiger partial charge in [-0.05, 0) is 31.0 Å². The summed E-state index contributed by atoms with van der Waals surface area (Å²) in [6.45, 7) is 0.194. The number of carboxylic acid groups (broad SMARTS) is 1. The average Bonchev–Trinajstić information content (AvgIpc) is 2.58. The zero-order chi connectivity index (χ0) is 18.4. The Morgan fingerprint density at radius 3 is 2.76 bits per heavy atom. The summed E-state index contributed by atoms with van der Waals surface area (Å²) in [5.74, 6) is -2.40. The second-order valence-electron chi connectivity index (χ2n) is 5.67. The Morgan fingerprint density at radius 1 is 1.40 bits per heavy atom. The summed E-state index contributed by atoms with van der Waals surface area (Å²) >= 11 is 0. The minimum Gasteiger partial charge on any atom is -0.484 e. The van der Waals surface area contributed by atoms with Crippen molar-refractivity contribution < 1.29 is 37.3 Å². The monoisotopic (exact) mass is 361 g/mol. The van der Waals surface area contributed by atoms with Crippen molar-refractivity contribution in [2.45, 2.75) is 25.1 Å². The van der Waals surface area contributed by atoms with Gasteiger partial charge in [0.25, 0.3) is 5.91 Å². The van der Waals surface area contributed by atoms with Gasteiger partial charge in [-0.15, -0.1) is 0 Å². The van der Waals surface area contributed by atoms with Gasteiger partial charge >= 0.3 is 12.1 Å².